The minimum absolute atomic E-state index is 0.616. The molecule has 1 aliphatic heterocycles. The fraction of sp³-hybridized carbons (Fsp3) is 0.278. The zero-order valence-electron chi connectivity index (χ0n) is 12.6. The Morgan fingerprint density at radius 2 is 1.73 bits per heavy atom. The Morgan fingerprint density at radius 1 is 1.09 bits per heavy atom. The number of nitrogens with one attached hydrogen (secondary N) is 1. The first-order valence-electron chi connectivity index (χ1n) is 7.49. The first-order chi connectivity index (χ1) is 10.8. The summed E-state index contributed by atoms with van der Waals surface area (Å²) in [6, 6.07) is 19.1. The molecule has 0 bridgehead atoms. The van der Waals surface area contributed by atoms with Gasteiger partial charge in [-0.2, -0.15) is 5.26 Å². The highest BCUT2D eigenvalue weighted by atomic mass is 32.2. The molecular weight excluding hydrogens is 290 g/mol. The molecule has 4 heteroatoms. The van der Waals surface area contributed by atoms with Crippen molar-refractivity contribution >= 4 is 11.9 Å². The fourth-order valence-electron chi connectivity index (χ4n) is 2.64. The van der Waals surface area contributed by atoms with Crippen LogP contribution in [0.15, 0.2) is 53.4 Å². The largest absolute Gasteiger partial charge is 0.316 e. The summed E-state index contributed by atoms with van der Waals surface area (Å²) < 4.78 is 2.41. The van der Waals surface area contributed by atoms with Gasteiger partial charge in [-0.05, 0) is 60.8 Å². The van der Waals surface area contributed by atoms with Crippen molar-refractivity contribution in [1.29, 1.82) is 5.26 Å². The first kappa shape index (κ1) is 15.1. The van der Waals surface area contributed by atoms with Crippen LogP contribution in [0.25, 0.3) is 11.1 Å². The lowest BCUT2D eigenvalue weighted by molar-refractivity contribution is 0.542. The number of benzene rings is 2. The first-order valence-corrected chi connectivity index (χ1v) is 8.26. The summed E-state index contributed by atoms with van der Waals surface area (Å²) >= 11 is 1.83. The van der Waals surface area contributed by atoms with Gasteiger partial charge < -0.3 is 5.32 Å². The predicted octanol–water partition coefficient (Wildman–Crippen LogP) is 3.53. The van der Waals surface area contributed by atoms with E-state index < -0.39 is 0 Å². The van der Waals surface area contributed by atoms with E-state index in [0.717, 1.165) is 18.7 Å². The van der Waals surface area contributed by atoms with E-state index in [1.54, 1.807) is 0 Å². The standard InChI is InChI=1S/C18H19N3S/c1-20-17-10-11-21(13-17)22-18-8-6-16(7-9-18)15-4-2-14(12-19)3-5-15/h2-9,17,20H,10-11,13H2,1H3. The van der Waals surface area contributed by atoms with Crippen LogP contribution in [0, 0.1) is 11.3 Å². The molecule has 3 rings (SSSR count). The summed E-state index contributed by atoms with van der Waals surface area (Å²) in [5.74, 6) is 0. The second-order valence-electron chi connectivity index (χ2n) is 5.47. The highest BCUT2D eigenvalue weighted by Gasteiger charge is 2.21. The topological polar surface area (TPSA) is 39.1 Å². The molecule has 0 aliphatic carbocycles. The Morgan fingerprint density at radius 3 is 2.27 bits per heavy atom. The average molecular weight is 309 g/mol. The third-order valence-electron chi connectivity index (χ3n) is 4.00. The van der Waals surface area contributed by atoms with Crippen molar-refractivity contribution in [3.05, 3.63) is 54.1 Å². The molecule has 0 aromatic heterocycles. The summed E-state index contributed by atoms with van der Waals surface area (Å²) in [6.45, 7) is 2.23. The van der Waals surface area contributed by atoms with Gasteiger partial charge in [0.1, 0.15) is 0 Å². The monoisotopic (exact) mass is 309 g/mol. The van der Waals surface area contributed by atoms with Crippen molar-refractivity contribution in [2.24, 2.45) is 0 Å². The summed E-state index contributed by atoms with van der Waals surface area (Å²) in [4.78, 5) is 1.27. The summed E-state index contributed by atoms with van der Waals surface area (Å²) in [5, 5.41) is 12.2. The molecule has 0 spiro atoms. The third-order valence-corrected chi connectivity index (χ3v) is 5.07. The van der Waals surface area contributed by atoms with E-state index in [-0.39, 0.29) is 0 Å². The molecule has 3 nitrogen and oxygen atoms in total. The quantitative estimate of drug-likeness (QED) is 0.877. The lowest BCUT2D eigenvalue weighted by atomic mass is 10.0. The summed E-state index contributed by atoms with van der Waals surface area (Å²) in [6.07, 6.45) is 1.22. The lowest BCUT2D eigenvalue weighted by Gasteiger charge is -2.14. The molecule has 2 aromatic rings. The van der Waals surface area contributed by atoms with Crippen molar-refractivity contribution in [3.8, 4) is 17.2 Å². The SMILES string of the molecule is CNC1CCN(Sc2ccc(-c3ccc(C#N)cc3)cc2)C1. The third kappa shape index (κ3) is 3.50. The highest BCUT2D eigenvalue weighted by Crippen LogP contribution is 2.29. The van der Waals surface area contributed by atoms with E-state index in [1.807, 2.05) is 43.3 Å². The van der Waals surface area contributed by atoms with Gasteiger partial charge in [0, 0.05) is 24.0 Å². The zero-order chi connectivity index (χ0) is 15.4. The molecule has 0 amide bonds. The van der Waals surface area contributed by atoms with E-state index in [2.05, 4.69) is 40.0 Å². The Hall–Kier alpha value is -1.80. The molecule has 0 radical (unpaired) electrons. The van der Waals surface area contributed by atoms with E-state index in [4.69, 9.17) is 5.26 Å². The second kappa shape index (κ2) is 6.97. The van der Waals surface area contributed by atoms with Crippen LogP contribution in [0.1, 0.15) is 12.0 Å². The van der Waals surface area contributed by atoms with Crippen LogP contribution in [-0.4, -0.2) is 30.5 Å². The summed E-state index contributed by atoms with van der Waals surface area (Å²) in [5.41, 5.74) is 3.03. The Bertz CT molecular complexity index is 658. The molecule has 1 unspecified atom stereocenters. The molecule has 1 aliphatic rings. The maximum atomic E-state index is 8.85. The minimum atomic E-state index is 0.616. The number of likely N-dealkylation sites (N-methyl/N-ethyl adjacent to an activating group) is 1. The van der Waals surface area contributed by atoms with E-state index in [9.17, 15) is 0 Å². The second-order valence-corrected chi connectivity index (χ2v) is 6.64. The highest BCUT2D eigenvalue weighted by molar-refractivity contribution is 7.97. The van der Waals surface area contributed by atoms with Crippen LogP contribution in [0.2, 0.25) is 0 Å². The molecule has 1 N–H and O–H groups in total. The number of hydrogen-bond donors (Lipinski definition) is 1. The zero-order valence-corrected chi connectivity index (χ0v) is 13.4. The van der Waals surface area contributed by atoms with E-state index >= 15 is 0 Å². The molecule has 112 valence electrons. The van der Waals surface area contributed by atoms with Gasteiger partial charge in [0.05, 0.1) is 11.6 Å². The minimum Gasteiger partial charge on any atom is -0.316 e. The average Bonchev–Trinajstić information content (AvgIpc) is 3.03. The van der Waals surface area contributed by atoms with Gasteiger partial charge in [-0.15, -0.1) is 0 Å². The lowest BCUT2D eigenvalue weighted by Crippen LogP contribution is -2.27. The van der Waals surface area contributed by atoms with Crippen LogP contribution in [0.4, 0.5) is 0 Å². The maximum Gasteiger partial charge on any atom is 0.0991 e. The Balaban J connectivity index is 1.66. The van der Waals surface area contributed by atoms with Gasteiger partial charge >= 0.3 is 0 Å². The van der Waals surface area contributed by atoms with Gasteiger partial charge in [0.2, 0.25) is 0 Å². The molecule has 0 saturated carbocycles. The van der Waals surface area contributed by atoms with Crippen LogP contribution in [0.3, 0.4) is 0 Å². The van der Waals surface area contributed by atoms with Gasteiger partial charge in [-0.1, -0.05) is 24.3 Å². The molecular formula is C18H19N3S. The summed E-state index contributed by atoms with van der Waals surface area (Å²) in [7, 11) is 2.03. The molecule has 22 heavy (non-hydrogen) atoms. The van der Waals surface area contributed by atoms with Crippen LogP contribution < -0.4 is 5.32 Å². The maximum absolute atomic E-state index is 8.85. The Labute approximate surface area is 136 Å². The van der Waals surface area contributed by atoms with E-state index in [0.29, 0.717) is 11.6 Å². The molecule has 2 aromatic carbocycles. The van der Waals surface area contributed by atoms with Crippen LogP contribution >= 0.6 is 11.9 Å². The number of nitriles is 1. The van der Waals surface area contributed by atoms with Crippen molar-refractivity contribution in [2.75, 3.05) is 20.1 Å². The normalized spacial score (nSPS) is 18.3. The van der Waals surface area contributed by atoms with Crippen molar-refractivity contribution in [1.82, 2.24) is 9.62 Å². The van der Waals surface area contributed by atoms with Crippen LogP contribution in [0.5, 0.6) is 0 Å². The molecule has 1 atom stereocenters. The van der Waals surface area contributed by atoms with Crippen molar-refractivity contribution < 1.29 is 0 Å². The van der Waals surface area contributed by atoms with E-state index in [1.165, 1.54) is 16.9 Å². The van der Waals surface area contributed by atoms with Gasteiger partial charge in [-0.3, -0.25) is 0 Å². The van der Waals surface area contributed by atoms with Gasteiger partial charge in [0.25, 0.3) is 0 Å². The number of rotatable bonds is 4. The predicted molar refractivity (Wildman–Crippen MR) is 91.5 cm³/mol. The Kier molecular flexibility index (Phi) is 4.79. The molecule has 1 fully saturated rings. The fourth-order valence-corrected chi connectivity index (χ4v) is 3.65. The number of hydrogen-bond acceptors (Lipinski definition) is 4. The molecule has 1 saturated heterocycles. The van der Waals surface area contributed by atoms with Crippen LogP contribution in [-0.2, 0) is 0 Å². The van der Waals surface area contributed by atoms with Crippen molar-refractivity contribution in [2.45, 2.75) is 17.4 Å². The van der Waals surface area contributed by atoms with Crippen molar-refractivity contribution in [3.63, 3.8) is 0 Å². The van der Waals surface area contributed by atoms with Gasteiger partial charge in [0.15, 0.2) is 0 Å². The molecule has 1 heterocycles. The van der Waals surface area contributed by atoms with Gasteiger partial charge in [-0.25, -0.2) is 4.31 Å². The smallest absolute Gasteiger partial charge is 0.0991 e. The number of nitrogens with zero attached hydrogens (tertiary/aromatic N) is 2.